The quantitative estimate of drug-likeness (QED) is 0.679. The van der Waals surface area contributed by atoms with Crippen LogP contribution in [0.2, 0.25) is 0 Å². The molecule has 1 heterocycles. The monoisotopic (exact) mass is 306 g/mol. The van der Waals surface area contributed by atoms with Gasteiger partial charge in [0, 0.05) is 31.0 Å². The van der Waals surface area contributed by atoms with E-state index in [9.17, 15) is 19.8 Å². The normalized spacial score (nSPS) is 10.9. The maximum absolute atomic E-state index is 12.0. The molecule has 6 heteroatoms. The van der Waals surface area contributed by atoms with Crippen LogP contribution in [0.4, 0.5) is 0 Å². The highest BCUT2D eigenvalue weighted by Gasteiger charge is 2.10. The van der Waals surface area contributed by atoms with Crippen molar-refractivity contribution in [2.75, 3.05) is 0 Å². The number of aliphatic carboxylic acids is 1. The van der Waals surface area contributed by atoms with Crippen molar-refractivity contribution in [1.29, 1.82) is 0 Å². The molecule has 0 saturated heterocycles. The maximum atomic E-state index is 12.0. The fourth-order valence-electron chi connectivity index (χ4n) is 2.36. The summed E-state index contributed by atoms with van der Waals surface area (Å²) in [6.07, 6.45) is 3.79. The van der Waals surface area contributed by atoms with E-state index in [1.807, 2.05) is 0 Å². The van der Waals surface area contributed by atoms with E-state index in [4.69, 9.17) is 9.52 Å². The summed E-state index contributed by atoms with van der Waals surface area (Å²) in [5.74, 6) is -0.774. The first kappa shape index (κ1) is 15.9. The molecule has 0 saturated carbocycles. The van der Waals surface area contributed by atoms with E-state index in [2.05, 4.69) is 0 Å². The standard InChI is InChI=1S/C16H18O6/c17-10-7-12(18)16-13(19)9-11(22-14(16)8-10)5-3-1-2-4-6-15(20)21/h7-9,17-18H,1-6H2,(H,20,21). The molecule has 2 rings (SSSR count). The van der Waals surface area contributed by atoms with Crippen molar-refractivity contribution in [2.45, 2.75) is 38.5 Å². The lowest BCUT2D eigenvalue weighted by Crippen LogP contribution is -2.02. The third-order valence-corrected chi connectivity index (χ3v) is 3.41. The Morgan fingerprint density at radius 2 is 1.77 bits per heavy atom. The summed E-state index contributed by atoms with van der Waals surface area (Å²) >= 11 is 0. The molecule has 0 radical (unpaired) electrons. The highest BCUT2D eigenvalue weighted by molar-refractivity contribution is 5.84. The van der Waals surface area contributed by atoms with Gasteiger partial charge in [0.2, 0.25) is 0 Å². The highest BCUT2D eigenvalue weighted by atomic mass is 16.4. The summed E-state index contributed by atoms with van der Waals surface area (Å²) in [7, 11) is 0. The van der Waals surface area contributed by atoms with Crippen LogP contribution < -0.4 is 5.43 Å². The fourth-order valence-corrected chi connectivity index (χ4v) is 2.36. The Balaban J connectivity index is 2.01. The van der Waals surface area contributed by atoms with Crippen molar-refractivity contribution < 1.29 is 24.5 Å². The summed E-state index contributed by atoms with van der Waals surface area (Å²) in [5.41, 5.74) is -0.189. The van der Waals surface area contributed by atoms with Crippen LogP contribution in [-0.4, -0.2) is 21.3 Å². The van der Waals surface area contributed by atoms with Gasteiger partial charge in [0.15, 0.2) is 5.43 Å². The van der Waals surface area contributed by atoms with Crippen molar-refractivity contribution in [3.05, 3.63) is 34.2 Å². The zero-order valence-electron chi connectivity index (χ0n) is 12.0. The Morgan fingerprint density at radius 1 is 1.05 bits per heavy atom. The third-order valence-electron chi connectivity index (χ3n) is 3.41. The molecule has 1 aromatic heterocycles. The molecule has 0 fully saturated rings. The second kappa shape index (κ2) is 6.98. The number of phenolic OH excluding ortho intramolecular Hbond substituents is 2. The second-order valence-corrected chi connectivity index (χ2v) is 5.22. The van der Waals surface area contributed by atoms with Crippen LogP contribution in [-0.2, 0) is 11.2 Å². The summed E-state index contributed by atoms with van der Waals surface area (Å²) in [6, 6.07) is 3.74. The van der Waals surface area contributed by atoms with E-state index in [-0.39, 0.29) is 34.3 Å². The minimum Gasteiger partial charge on any atom is -0.508 e. The number of hydrogen-bond donors (Lipinski definition) is 3. The van der Waals surface area contributed by atoms with Gasteiger partial charge in [0.05, 0.1) is 0 Å². The van der Waals surface area contributed by atoms with Gasteiger partial charge in [-0.3, -0.25) is 9.59 Å². The molecule has 118 valence electrons. The first-order chi connectivity index (χ1) is 10.5. The molecule has 0 unspecified atom stereocenters. The van der Waals surface area contributed by atoms with E-state index in [1.165, 1.54) is 12.1 Å². The van der Waals surface area contributed by atoms with Crippen LogP contribution in [0.15, 0.2) is 27.4 Å². The van der Waals surface area contributed by atoms with Gasteiger partial charge in [-0.05, 0) is 12.8 Å². The van der Waals surface area contributed by atoms with Crippen molar-refractivity contribution in [2.24, 2.45) is 0 Å². The largest absolute Gasteiger partial charge is 0.508 e. The van der Waals surface area contributed by atoms with Gasteiger partial charge >= 0.3 is 5.97 Å². The Hall–Kier alpha value is -2.50. The van der Waals surface area contributed by atoms with Crippen molar-refractivity contribution in [3.8, 4) is 11.5 Å². The van der Waals surface area contributed by atoms with Crippen molar-refractivity contribution in [3.63, 3.8) is 0 Å². The molecule has 0 spiro atoms. The number of unbranched alkanes of at least 4 members (excludes halogenated alkanes) is 3. The van der Waals surface area contributed by atoms with Gasteiger partial charge in [-0.1, -0.05) is 12.8 Å². The first-order valence-corrected chi connectivity index (χ1v) is 7.18. The van der Waals surface area contributed by atoms with Gasteiger partial charge in [0.25, 0.3) is 0 Å². The Morgan fingerprint density at radius 3 is 2.50 bits per heavy atom. The number of aromatic hydroxyl groups is 2. The molecule has 1 aromatic carbocycles. The average Bonchev–Trinajstić information content (AvgIpc) is 2.41. The predicted octanol–water partition coefficient (Wildman–Crippen LogP) is 2.78. The molecule has 0 atom stereocenters. The summed E-state index contributed by atoms with van der Waals surface area (Å²) < 4.78 is 5.53. The Bertz CT molecular complexity index is 731. The molecule has 0 bridgehead atoms. The van der Waals surface area contributed by atoms with Crippen LogP contribution in [0.25, 0.3) is 11.0 Å². The summed E-state index contributed by atoms with van der Waals surface area (Å²) in [5, 5.41) is 27.7. The smallest absolute Gasteiger partial charge is 0.303 e. The molecule has 0 amide bonds. The van der Waals surface area contributed by atoms with Gasteiger partial charge in [-0.2, -0.15) is 0 Å². The lowest BCUT2D eigenvalue weighted by atomic mass is 10.1. The number of aryl methyl sites for hydroxylation is 1. The molecule has 22 heavy (non-hydrogen) atoms. The van der Waals surface area contributed by atoms with Crippen LogP contribution in [0.3, 0.4) is 0 Å². The van der Waals surface area contributed by atoms with Gasteiger partial charge in [-0.25, -0.2) is 0 Å². The highest BCUT2D eigenvalue weighted by Crippen LogP contribution is 2.28. The average molecular weight is 306 g/mol. The molecule has 0 aliphatic carbocycles. The number of carboxylic acids is 1. The number of hydrogen-bond acceptors (Lipinski definition) is 5. The SMILES string of the molecule is O=C(O)CCCCCCc1cc(=O)c2c(O)cc(O)cc2o1. The number of benzene rings is 1. The molecular formula is C16H18O6. The second-order valence-electron chi connectivity index (χ2n) is 5.22. The molecular weight excluding hydrogens is 288 g/mol. The van der Waals surface area contributed by atoms with Crippen LogP contribution in [0.1, 0.15) is 37.9 Å². The van der Waals surface area contributed by atoms with Crippen LogP contribution >= 0.6 is 0 Å². The summed E-state index contributed by atoms with van der Waals surface area (Å²) in [4.78, 5) is 22.4. The Kier molecular flexibility index (Phi) is 5.04. The van der Waals surface area contributed by atoms with E-state index < -0.39 is 5.97 Å². The van der Waals surface area contributed by atoms with E-state index in [1.54, 1.807) is 0 Å². The topological polar surface area (TPSA) is 108 Å². The zero-order valence-corrected chi connectivity index (χ0v) is 12.0. The van der Waals surface area contributed by atoms with Crippen molar-refractivity contribution >= 4 is 16.9 Å². The molecule has 2 aromatic rings. The molecule has 3 N–H and O–H groups in total. The molecule has 0 aliphatic heterocycles. The lowest BCUT2D eigenvalue weighted by Gasteiger charge is -2.05. The number of carbonyl (C=O) groups is 1. The van der Waals surface area contributed by atoms with Gasteiger partial charge in [0.1, 0.15) is 28.2 Å². The number of rotatable bonds is 7. The van der Waals surface area contributed by atoms with Gasteiger partial charge < -0.3 is 19.7 Å². The Labute approximate surface area is 126 Å². The number of fused-ring (bicyclic) bond motifs is 1. The predicted molar refractivity (Wildman–Crippen MR) is 80.2 cm³/mol. The van der Waals surface area contributed by atoms with Crippen LogP contribution in [0, 0.1) is 0 Å². The minimum absolute atomic E-state index is 0.0583. The van der Waals surface area contributed by atoms with Crippen LogP contribution in [0.5, 0.6) is 11.5 Å². The van der Waals surface area contributed by atoms with Gasteiger partial charge in [-0.15, -0.1) is 0 Å². The van der Waals surface area contributed by atoms with E-state index in [0.717, 1.165) is 25.3 Å². The van der Waals surface area contributed by atoms with E-state index >= 15 is 0 Å². The number of phenols is 2. The molecule has 6 nitrogen and oxygen atoms in total. The lowest BCUT2D eigenvalue weighted by molar-refractivity contribution is -0.137. The van der Waals surface area contributed by atoms with Crippen molar-refractivity contribution in [1.82, 2.24) is 0 Å². The number of carboxylic acid groups (broad SMARTS) is 1. The zero-order chi connectivity index (χ0) is 16.1. The minimum atomic E-state index is -0.792. The van der Waals surface area contributed by atoms with E-state index in [0.29, 0.717) is 18.6 Å². The third kappa shape index (κ3) is 4.00. The summed E-state index contributed by atoms with van der Waals surface area (Å²) in [6.45, 7) is 0. The maximum Gasteiger partial charge on any atom is 0.303 e. The molecule has 0 aliphatic rings. The first-order valence-electron chi connectivity index (χ1n) is 7.18. The fraction of sp³-hybridized carbons (Fsp3) is 0.375.